The molecule has 0 aliphatic rings. The number of anilines is 1. The van der Waals surface area contributed by atoms with Crippen molar-refractivity contribution in [3.8, 4) is 21.2 Å². The average molecular weight is 372 g/mol. The van der Waals surface area contributed by atoms with Crippen LogP contribution in [0.1, 0.15) is 19.4 Å². The molecule has 0 atom stereocenters. The molecule has 0 saturated heterocycles. The second kappa shape index (κ2) is 6.67. The molecule has 0 bridgehead atoms. The minimum Gasteiger partial charge on any atom is -0.381 e. The molecule has 0 fully saturated rings. The van der Waals surface area contributed by atoms with E-state index in [1.165, 1.54) is 9.75 Å². The van der Waals surface area contributed by atoms with Crippen LogP contribution in [-0.4, -0.2) is 24.1 Å². The molecule has 0 radical (unpaired) electrons. The Labute approximate surface area is 152 Å². The predicted molar refractivity (Wildman–Crippen MR) is 110 cm³/mol. The molecule has 6 heteroatoms. The number of nitrogens with zero attached hydrogens (tertiary/aromatic N) is 2. The van der Waals surface area contributed by atoms with Crippen molar-refractivity contribution in [3.05, 3.63) is 29.5 Å². The van der Waals surface area contributed by atoms with Crippen LogP contribution in [0.3, 0.4) is 0 Å². The molecular weight excluding hydrogens is 350 g/mol. The van der Waals surface area contributed by atoms with E-state index in [4.69, 9.17) is 0 Å². The number of thiophene rings is 1. The van der Waals surface area contributed by atoms with Gasteiger partial charge in [-0.25, -0.2) is 4.98 Å². The van der Waals surface area contributed by atoms with E-state index < -0.39 is 8.07 Å². The van der Waals surface area contributed by atoms with E-state index in [0.717, 1.165) is 21.5 Å². The summed E-state index contributed by atoms with van der Waals surface area (Å²) < 4.78 is 0. The van der Waals surface area contributed by atoms with Gasteiger partial charge >= 0.3 is 0 Å². The molecule has 3 nitrogen and oxygen atoms in total. The Morgan fingerprint density at radius 2 is 1.96 bits per heavy atom. The van der Waals surface area contributed by atoms with Gasteiger partial charge in [0.15, 0.2) is 0 Å². The first kappa shape index (κ1) is 17.2. The van der Waals surface area contributed by atoms with Crippen LogP contribution in [0.5, 0.6) is 0 Å². The first-order valence-electron chi connectivity index (χ1n) is 7.94. The van der Waals surface area contributed by atoms with Gasteiger partial charge in [-0.05, 0) is 19.9 Å². The molecule has 124 valence electrons. The summed E-state index contributed by atoms with van der Waals surface area (Å²) in [5.41, 5.74) is 7.42. The highest BCUT2D eigenvalue weighted by Gasteiger charge is 2.15. The molecule has 24 heavy (non-hydrogen) atoms. The van der Waals surface area contributed by atoms with Gasteiger partial charge in [0, 0.05) is 28.7 Å². The SMILES string of the molecule is CC(C)Nc1c(C#C[Si](C)(C)C)cnc2sc(-c3cncs3)cc12. The highest BCUT2D eigenvalue weighted by atomic mass is 32.1. The van der Waals surface area contributed by atoms with Crippen molar-refractivity contribution < 1.29 is 0 Å². The number of hydrogen-bond donors (Lipinski definition) is 1. The second-order valence-corrected chi connectivity index (χ2v) is 13.7. The van der Waals surface area contributed by atoms with Gasteiger partial charge in [-0.1, -0.05) is 25.6 Å². The smallest absolute Gasteiger partial charge is 0.129 e. The van der Waals surface area contributed by atoms with E-state index in [0.29, 0.717) is 6.04 Å². The van der Waals surface area contributed by atoms with Gasteiger partial charge in [0.25, 0.3) is 0 Å². The summed E-state index contributed by atoms with van der Waals surface area (Å²) >= 11 is 3.37. The van der Waals surface area contributed by atoms with Gasteiger partial charge in [0.2, 0.25) is 0 Å². The van der Waals surface area contributed by atoms with Crippen molar-refractivity contribution in [1.82, 2.24) is 9.97 Å². The molecule has 0 spiro atoms. The zero-order valence-corrected chi connectivity index (χ0v) is 17.2. The highest BCUT2D eigenvalue weighted by molar-refractivity contribution is 7.25. The standard InChI is InChI=1S/C18H21N3S2Si/c1-12(2)21-17-13(6-7-24(3,4)5)9-20-18-14(17)8-15(23-18)16-10-19-11-22-16/h8-12H,1-5H3,(H,20,21). The molecular formula is C18H21N3S2Si. The molecule has 0 aliphatic heterocycles. The maximum absolute atomic E-state index is 4.66. The third kappa shape index (κ3) is 3.86. The number of hydrogen-bond acceptors (Lipinski definition) is 5. The molecule has 0 unspecified atom stereocenters. The van der Waals surface area contributed by atoms with Crippen LogP contribution >= 0.6 is 22.7 Å². The van der Waals surface area contributed by atoms with Crippen LogP contribution in [0.15, 0.2) is 24.0 Å². The molecule has 3 rings (SSSR count). The lowest BCUT2D eigenvalue weighted by Crippen LogP contribution is -2.16. The van der Waals surface area contributed by atoms with Gasteiger partial charge in [-0.3, -0.25) is 4.98 Å². The number of rotatable bonds is 3. The second-order valence-electron chi connectivity index (χ2n) is 7.04. The molecule has 1 N–H and O–H groups in total. The van der Waals surface area contributed by atoms with Gasteiger partial charge < -0.3 is 5.32 Å². The lowest BCUT2D eigenvalue weighted by Gasteiger charge is -2.13. The van der Waals surface area contributed by atoms with Crippen molar-refractivity contribution in [2.24, 2.45) is 0 Å². The Hall–Kier alpha value is -1.68. The van der Waals surface area contributed by atoms with Crippen LogP contribution in [0.25, 0.3) is 20.0 Å². The number of aromatic nitrogens is 2. The Balaban J connectivity index is 2.16. The fraction of sp³-hybridized carbons (Fsp3) is 0.333. The quantitative estimate of drug-likeness (QED) is 0.490. The Morgan fingerprint density at radius 1 is 1.17 bits per heavy atom. The maximum atomic E-state index is 4.66. The summed E-state index contributed by atoms with van der Waals surface area (Å²) in [6.45, 7) is 11.1. The Kier molecular flexibility index (Phi) is 4.77. The van der Waals surface area contributed by atoms with Crippen molar-refractivity contribution in [2.75, 3.05) is 5.32 Å². The summed E-state index contributed by atoms with van der Waals surface area (Å²) in [6.07, 6.45) is 3.82. The summed E-state index contributed by atoms with van der Waals surface area (Å²) in [4.78, 5) is 12.3. The van der Waals surface area contributed by atoms with E-state index >= 15 is 0 Å². The molecule has 0 aliphatic carbocycles. The van der Waals surface area contributed by atoms with E-state index in [-0.39, 0.29) is 0 Å². The van der Waals surface area contributed by atoms with Crippen LogP contribution in [0.4, 0.5) is 5.69 Å². The van der Waals surface area contributed by atoms with Gasteiger partial charge in [0.05, 0.1) is 21.6 Å². The van der Waals surface area contributed by atoms with Gasteiger partial charge in [-0.2, -0.15) is 0 Å². The number of pyridine rings is 1. The van der Waals surface area contributed by atoms with Crippen LogP contribution in [0, 0.1) is 11.5 Å². The van der Waals surface area contributed by atoms with Crippen molar-refractivity contribution >= 4 is 46.7 Å². The first-order valence-corrected chi connectivity index (χ1v) is 13.1. The van der Waals surface area contributed by atoms with Crippen molar-refractivity contribution in [3.63, 3.8) is 0 Å². The summed E-state index contributed by atoms with van der Waals surface area (Å²) in [5, 5.41) is 4.73. The largest absolute Gasteiger partial charge is 0.381 e. The number of thiazole rings is 1. The van der Waals surface area contributed by atoms with E-state index in [2.05, 4.69) is 66.3 Å². The topological polar surface area (TPSA) is 37.8 Å². The van der Waals surface area contributed by atoms with Crippen LogP contribution in [0.2, 0.25) is 19.6 Å². The number of nitrogens with one attached hydrogen (secondary N) is 1. The molecule has 0 aromatic carbocycles. The summed E-state index contributed by atoms with van der Waals surface area (Å²) in [7, 11) is -1.43. The third-order valence-corrected chi connectivity index (χ3v) is 6.13. The Morgan fingerprint density at radius 3 is 2.58 bits per heavy atom. The fourth-order valence-electron chi connectivity index (χ4n) is 2.24. The molecule has 3 aromatic heterocycles. The zero-order valence-electron chi connectivity index (χ0n) is 14.6. The predicted octanol–water partition coefficient (Wildman–Crippen LogP) is 5.47. The van der Waals surface area contributed by atoms with Gasteiger partial charge in [-0.15, -0.1) is 28.2 Å². The maximum Gasteiger partial charge on any atom is 0.129 e. The summed E-state index contributed by atoms with van der Waals surface area (Å²) in [6, 6.07) is 2.56. The van der Waals surface area contributed by atoms with E-state index in [9.17, 15) is 0 Å². The molecule has 3 aromatic rings. The van der Waals surface area contributed by atoms with E-state index in [1.54, 1.807) is 22.7 Å². The minimum atomic E-state index is -1.43. The molecule has 0 saturated carbocycles. The third-order valence-electron chi connectivity index (χ3n) is 3.24. The summed E-state index contributed by atoms with van der Waals surface area (Å²) in [5.74, 6) is 3.38. The minimum absolute atomic E-state index is 0.342. The van der Waals surface area contributed by atoms with Crippen LogP contribution < -0.4 is 5.32 Å². The van der Waals surface area contributed by atoms with Crippen molar-refractivity contribution in [1.29, 1.82) is 0 Å². The fourth-order valence-corrected chi connectivity index (χ4v) is 4.47. The first-order chi connectivity index (χ1) is 11.3. The number of fused-ring (bicyclic) bond motifs is 1. The normalized spacial score (nSPS) is 11.6. The average Bonchev–Trinajstić information content (AvgIpc) is 3.13. The van der Waals surface area contributed by atoms with Crippen LogP contribution in [-0.2, 0) is 0 Å². The van der Waals surface area contributed by atoms with E-state index in [1.807, 2.05) is 17.9 Å². The lowest BCUT2D eigenvalue weighted by molar-refractivity contribution is 0.901. The van der Waals surface area contributed by atoms with Gasteiger partial charge in [0.1, 0.15) is 12.9 Å². The monoisotopic (exact) mass is 371 g/mol. The Bertz CT molecular complexity index is 910. The molecule has 0 amide bonds. The lowest BCUT2D eigenvalue weighted by atomic mass is 10.1. The van der Waals surface area contributed by atoms with Crippen molar-refractivity contribution in [2.45, 2.75) is 39.5 Å². The highest BCUT2D eigenvalue weighted by Crippen LogP contribution is 2.38. The zero-order chi connectivity index (χ0) is 17.3. The molecule has 3 heterocycles.